The van der Waals surface area contributed by atoms with E-state index in [2.05, 4.69) is 0 Å². The average Bonchev–Trinajstić information content (AvgIpc) is 2.40. The van der Waals surface area contributed by atoms with Gasteiger partial charge in [-0.25, -0.2) is 0 Å². The molecule has 1 aromatic rings. The van der Waals surface area contributed by atoms with Crippen molar-refractivity contribution >= 4 is 23.3 Å². The van der Waals surface area contributed by atoms with Gasteiger partial charge in [0, 0.05) is 6.07 Å². The Morgan fingerprint density at radius 3 is 2.85 bits per heavy atom. The fourth-order valence-electron chi connectivity index (χ4n) is 1.54. The summed E-state index contributed by atoms with van der Waals surface area (Å²) in [6, 6.07) is 3.89. The number of aromatic hydroxyl groups is 1. The number of carbonyl (C=O) groups excluding carboxylic acids is 1. The molecular formula is C13H16ClNO5. The number of ether oxygens (including phenoxy) is 1. The van der Waals surface area contributed by atoms with Crippen molar-refractivity contribution < 1.29 is 19.6 Å². The van der Waals surface area contributed by atoms with Crippen molar-refractivity contribution in [3.8, 4) is 5.75 Å². The molecule has 0 aliphatic carbocycles. The van der Waals surface area contributed by atoms with Gasteiger partial charge in [-0.05, 0) is 24.5 Å². The van der Waals surface area contributed by atoms with Gasteiger partial charge in [0.2, 0.25) is 0 Å². The number of alkyl halides is 1. The van der Waals surface area contributed by atoms with E-state index in [1.54, 1.807) is 0 Å². The lowest BCUT2D eigenvalue weighted by molar-refractivity contribution is -0.385. The highest BCUT2D eigenvalue weighted by molar-refractivity contribution is 6.30. The van der Waals surface area contributed by atoms with Crippen LogP contribution in [0.4, 0.5) is 5.69 Å². The smallest absolute Gasteiger partial charge is 0.324 e. The monoisotopic (exact) mass is 301 g/mol. The van der Waals surface area contributed by atoms with Gasteiger partial charge in [0.05, 0.1) is 11.5 Å². The van der Waals surface area contributed by atoms with E-state index in [9.17, 15) is 20.0 Å². The Bertz CT molecular complexity index is 492. The van der Waals surface area contributed by atoms with Crippen molar-refractivity contribution in [2.75, 3.05) is 6.61 Å². The molecule has 0 spiro atoms. The topological polar surface area (TPSA) is 89.7 Å². The van der Waals surface area contributed by atoms with Crippen molar-refractivity contribution in [1.82, 2.24) is 0 Å². The van der Waals surface area contributed by atoms with Gasteiger partial charge in [0.25, 0.3) is 0 Å². The Kier molecular flexibility index (Phi) is 6.24. The molecule has 0 saturated carbocycles. The average molecular weight is 302 g/mol. The van der Waals surface area contributed by atoms with Crippen molar-refractivity contribution in [3.63, 3.8) is 0 Å². The van der Waals surface area contributed by atoms with Crippen LogP contribution in [0.15, 0.2) is 18.2 Å². The maximum Gasteiger partial charge on any atom is 0.324 e. The summed E-state index contributed by atoms with van der Waals surface area (Å²) in [6.45, 7) is 2.29. The first kappa shape index (κ1) is 16.2. The van der Waals surface area contributed by atoms with Crippen LogP contribution < -0.4 is 0 Å². The molecule has 1 N–H and O–H groups in total. The summed E-state index contributed by atoms with van der Waals surface area (Å²) in [4.78, 5) is 21.6. The predicted octanol–water partition coefficient (Wildman–Crippen LogP) is 2.79. The van der Waals surface area contributed by atoms with Crippen LogP contribution in [-0.4, -0.2) is 28.0 Å². The number of hydrogen-bond acceptors (Lipinski definition) is 5. The lowest BCUT2D eigenvalue weighted by Crippen LogP contribution is -2.20. The van der Waals surface area contributed by atoms with E-state index in [-0.39, 0.29) is 6.42 Å². The molecule has 0 saturated heterocycles. The quantitative estimate of drug-likeness (QED) is 0.275. The third-order valence-electron chi connectivity index (χ3n) is 2.65. The van der Waals surface area contributed by atoms with E-state index in [1.165, 1.54) is 18.2 Å². The summed E-state index contributed by atoms with van der Waals surface area (Å²) in [5.74, 6) is -0.966. The van der Waals surface area contributed by atoms with Crippen LogP contribution in [0.2, 0.25) is 0 Å². The van der Waals surface area contributed by atoms with E-state index in [0.717, 1.165) is 12.8 Å². The molecule has 0 aliphatic rings. The minimum atomic E-state index is -0.906. The first-order chi connectivity index (χ1) is 9.45. The third-order valence-corrected chi connectivity index (χ3v) is 2.98. The second-order valence-electron chi connectivity index (χ2n) is 4.27. The van der Waals surface area contributed by atoms with Gasteiger partial charge in [-0.1, -0.05) is 19.4 Å². The number of unbranched alkanes of at least 4 members (excludes halogenated alkanes) is 1. The second kappa shape index (κ2) is 7.69. The molecule has 0 heterocycles. The summed E-state index contributed by atoms with van der Waals surface area (Å²) >= 11 is 5.91. The lowest BCUT2D eigenvalue weighted by atomic mass is 10.1. The van der Waals surface area contributed by atoms with Gasteiger partial charge in [-0.15, -0.1) is 11.6 Å². The Labute approximate surface area is 121 Å². The normalized spacial score (nSPS) is 11.9. The molecule has 1 unspecified atom stereocenters. The van der Waals surface area contributed by atoms with Gasteiger partial charge >= 0.3 is 11.7 Å². The molecule has 1 rings (SSSR count). The number of rotatable bonds is 7. The van der Waals surface area contributed by atoms with Gasteiger partial charge in [0.15, 0.2) is 5.75 Å². The first-order valence-electron chi connectivity index (χ1n) is 6.22. The summed E-state index contributed by atoms with van der Waals surface area (Å²) in [5.41, 5.74) is 0.0765. The summed E-state index contributed by atoms with van der Waals surface area (Å²) in [7, 11) is 0. The van der Waals surface area contributed by atoms with Gasteiger partial charge < -0.3 is 9.84 Å². The lowest BCUT2D eigenvalue weighted by Gasteiger charge is -2.09. The minimum Gasteiger partial charge on any atom is -0.502 e. The number of halogens is 1. The molecule has 0 aliphatic heterocycles. The Hall–Kier alpha value is -1.82. The van der Waals surface area contributed by atoms with Crippen LogP contribution in [-0.2, 0) is 16.0 Å². The zero-order chi connectivity index (χ0) is 15.1. The molecule has 0 aromatic heterocycles. The van der Waals surface area contributed by atoms with Crippen LogP contribution in [0.25, 0.3) is 0 Å². The fraction of sp³-hybridized carbons (Fsp3) is 0.462. The largest absolute Gasteiger partial charge is 0.502 e. The van der Waals surface area contributed by atoms with Gasteiger partial charge in [-0.2, -0.15) is 0 Å². The van der Waals surface area contributed by atoms with Gasteiger partial charge in [-0.3, -0.25) is 14.9 Å². The maximum atomic E-state index is 11.6. The van der Waals surface area contributed by atoms with Crippen LogP contribution >= 0.6 is 11.6 Å². The van der Waals surface area contributed by atoms with Crippen molar-refractivity contribution in [2.24, 2.45) is 0 Å². The summed E-state index contributed by atoms with van der Waals surface area (Å²) in [5, 5.41) is 19.1. The molecule has 20 heavy (non-hydrogen) atoms. The second-order valence-corrected chi connectivity index (χ2v) is 4.80. The molecular weight excluding hydrogens is 286 g/mol. The molecule has 0 bridgehead atoms. The number of hydrogen-bond donors (Lipinski definition) is 1. The molecule has 110 valence electrons. The number of nitrogens with zero attached hydrogens (tertiary/aromatic N) is 1. The van der Waals surface area contributed by atoms with E-state index in [0.29, 0.717) is 12.2 Å². The van der Waals surface area contributed by atoms with E-state index in [1.807, 2.05) is 6.92 Å². The van der Waals surface area contributed by atoms with Crippen LogP contribution in [0, 0.1) is 10.1 Å². The Morgan fingerprint density at radius 2 is 2.25 bits per heavy atom. The standard InChI is InChI=1S/C13H16ClNO5/c1-2-3-6-20-13(17)10(14)7-9-4-5-12(16)11(8-9)15(18)19/h4-5,8,10,16H,2-3,6-7H2,1H3. The number of phenolic OH excluding ortho intramolecular Hbond substituents is 1. The number of nitro groups is 1. The van der Waals surface area contributed by atoms with E-state index in [4.69, 9.17) is 16.3 Å². The summed E-state index contributed by atoms with van der Waals surface area (Å²) < 4.78 is 4.96. The van der Waals surface area contributed by atoms with Crippen LogP contribution in [0.5, 0.6) is 5.75 Å². The van der Waals surface area contributed by atoms with Crippen LogP contribution in [0.3, 0.4) is 0 Å². The predicted molar refractivity (Wildman–Crippen MR) is 74.0 cm³/mol. The zero-order valence-corrected chi connectivity index (χ0v) is 11.8. The fourth-order valence-corrected chi connectivity index (χ4v) is 1.78. The Morgan fingerprint density at radius 1 is 1.55 bits per heavy atom. The number of nitro benzene ring substituents is 1. The number of esters is 1. The molecule has 0 radical (unpaired) electrons. The molecule has 7 heteroatoms. The summed E-state index contributed by atoms with van der Waals surface area (Å²) in [6.07, 6.45) is 1.78. The highest BCUT2D eigenvalue weighted by Gasteiger charge is 2.20. The highest BCUT2D eigenvalue weighted by Crippen LogP contribution is 2.27. The molecule has 0 fully saturated rings. The molecule has 1 aromatic carbocycles. The van der Waals surface area contributed by atoms with E-state index >= 15 is 0 Å². The number of phenols is 1. The van der Waals surface area contributed by atoms with E-state index < -0.39 is 27.7 Å². The highest BCUT2D eigenvalue weighted by atomic mass is 35.5. The van der Waals surface area contributed by atoms with Crippen molar-refractivity contribution in [1.29, 1.82) is 0 Å². The SMILES string of the molecule is CCCCOC(=O)C(Cl)Cc1ccc(O)c([N+](=O)[O-])c1. The maximum absolute atomic E-state index is 11.6. The third kappa shape index (κ3) is 4.70. The molecule has 0 amide bonds. The zero-order valence-electron chi connectivity index (χ0n) is 11.0. The minimum absolute atomic E-state index is 0.105. The van der Waals surface area contributed by atoms with Crippen LogP contribution in [0.1, 0.15) is 25.3 Å². The van der Waals surface area contributed by atoms with Gasteiger partial charge in [0.1, 0.15) is 5.38 Å². The number of carbonyl (C=O) groups is 1. The number of benzene rings is 1. The van der Waals surface area contributed by atoms with Crippen molar-refractivity contribution in [3.05, 3.63) is 33.9 Å². The molecule has 1 atom stereocenters. The Balaban J connectivity index is 2.66. The molecule has 6 nitrogen and oxygen atoms in total. The van der Waals surface area contributed by atoms with Crippen molar-refractivity contribution in [2.45, 2.75) is 31.6 Å². The first-order valence-corrected chi connectivity index (χ1v) is 6.66.